The Hall–Kier alpha value is -4.84. The van der Waals surface area contributed by atoms with E-state index in [1.165, 1.54) is 12.5 Å². The number of ether oxygens (including phenoxy) is 2. The molecule has 2 aliphatic heterocycles. The highest BCUT2D eigenvalue weighted by molar-refractivity contribution is 6.30. The van der Waals surface area contributed by atoms with Gasteiger partial charge in [0.1, 0.15) is 18.2 Å². The number of piperidine rings is 1. The summed E-state index contributed by atoms with van der Waals surface area (Å²) >= 11 is 5.82. The summed E-state index contributed by atoms with van der Waals surface area (Å²) in [5, 5.41) is 11.8. The molecule has 3 aromatic carbocycles. The Labute approximate surface area is 308 Å². The Morgan fingerprint density at radius 1 is 1.17 bits per heavy atom. The zero-order chi connectivity index (χ0) is 36.6. The fraction of sp³-hybridized carbons (Fsp3) is 0.350. The number of aliphatic imine (C=N–C) groups is 1. The van der Waals surface area contributed by atoms with Gasteiger partial charge in [-0.25, -0.2) is 14.4 Å². The Morgan fingerprint density at radius 2 is 1.94 bits per heavy atom. The summed E-state index contributed by atoms with van der Waals surface area (Å²) in [5.41, 5.74) is 6.39. The molecule has 4 heterocycles. The number of aryl methyl sites for hydroxylation is 3. The number of allylic oxidation sites excluding steroid dienone is 3. The van der Waals surface area contributed by atoms with Gasteiger partial charge in [-0.05, 0) is 119 Å². The first-order valence-electron chi connectivity index (χ1n) is 17.6. The molecule has 2 aromatic heterocycles. The first-order chi connectivity index (χ1) is 25.2. The summed E-state index contributed by atoms with van der Waals surface area (Å²) in [6.45, 7) is 12.3. The number of nitrogens with one attached hydrogen (secondary N) is 2. The molecule has 52 heavy (non-hydrogen) atoms. The van der Waals surface area contributed by atoms with Gasteiger partial charge in [0, 0.05) is 53.2 Å². The SMILES string of the molecule is C1COC1.C=N/C(=C\C=C/CC1CCN(Cc2nc3cc(C(=O)Nc4cc(C)c5n[nH]c(C)c5c4)ccc3n2C)CC1)OCc1ccc(Cl)cc1F. The van der Waals surface area contributed by atoms with Crippen LogP contribution < -0.4 is 5.32 Å². The van der Waals surface area contributed by atoms with Gasteiger partial charge in [-0.15, -0.1) is 0 Å². The van der Waals surface area contributed by atoms with Crippen molar-refractivity contribution in [1.29, 1.82) is 0 Å². The number of rotatable bonds is 11. The summed E-state index contributed by atoms with van der Waals surface area (Å²) in [6.07, 6.45) is 10.2. The molecule has 0 atom stereocenters. The van der Waals surface area contributed by atoms with Crippen LogP contribution in [0.3, 0.4) is 0 Å². The van der Waals surface area contributed by atoms with E-state index in [0.29, 0.717) is 28.0 Å². The highest BCUT2D eigenvalue weighted by Crippen LogP contribution is 2.26. The first kappa shape index (κ1) is 36.9. The molecular weight excluding hydrogens is 681 g/mol. The van der Waals surface area contributed by atoms with Crippen LogP contribution in [0.1, 0.15) is 58.7 Å². The molecule has 2 fully saturated rings. The molecule has 5 aromatic rings. The number of hydrogen-bond acceptors (Lipinski definition) is 7. The van der Waals surface area contributed by atoms with Gasteiger partial charge in [-0.3, -0.25) is 14.8 Å². The molecule has 12 heteroatoms. The molecule has 0 spiro atoms. The molecule has 10 nitrogen and oxygen atoms in total. The minimum atomic E-state index is -0.413. The smallest absolute Gasteiger partial charge is 0.255 e. The van der Waals surface area contributed by atoms with Gasteiger partial charge in [0.05, 0.1) is 23.1 Å². The standard InChI is InChI=1S/C37H39ClFN7O2.C3H6O/c1-23-17-29(20-30-24(2)43-44-36(23)30)41-37(47)26-10-12-33-32(18-26)42-34(45(33)4)21-46-15-13-25(14-16-46)7-5-6-8-35(40-3)48-22-27-9-11-28(38)19-31(27)39;1-2-4-3-1/h5-6,8-12,17-20,25H,3,7,13-16,21-22H2,1-2,4H3,(H,41,47)(H,43,44);1-3H2/b6-5-,35-8+;. The van der Waals surface area contributed by atoms with Gasteiger partial charge in [0.25, 0.3) is 5.91 Å². The molecule has 0 bridgehead atoms. The van der Waals surface area contributed by atoms with E-state index < -0.39 is 5.82 Å². The van der Waals surface area contributed by atoms with Crippen LogP contribution in [0.2, 0.25) is 5.02 Å². The molecule has 0 aliphatic carbocycles. The van der Waals surface area contributed by atoms with Crippen LogP contribution in [0.15, 0.2) is 77.6 Å². The fourth-order valence-electron chi connectivity index (χ4n) is 6.30. The molecule has 2 N–H and O–H groups in total. The van der Waals surface area contributed by atoms with Crippen molar-refractivity contribution < 1.29 is 18.7 Å². The Bertz CT molecular complexity index is 2110. The summed E-state index contributed by atoms with van der Waals surface area (Å²) in [5.74, 6) is 1.31. The van der Waals surface area contributed by atoms with Gasteiger partial charge in [0.2, 0.25) is 5.88 Å². The number of carbonyl (C=O) groups excluding carboxylic acids is 1. The molecule has 0 radical (unpaired) electrons. The Balaban J connectivity index is 0.00000109. The van der Waals surface area contributed by atoms with E-state index >= 15 is 0 Å². The average molecular weight is 726 g/mol. The molecule has 1 amide bonds. The number of nitrogens with zero attached hydrogens (tertiary/aromatic N) is 5. The van der Waals surface area contributed by atoms with E-state index in [1.54, 1.807) is 18.2 Å². The highest BCUT2D eigenvalue weighted by Gasteiger charge is 2.21. The minimum Gasteiger partial charge on any atom is -0.473 e. The van der Waals surface area contributed by atoms with Crippen molar-refractivity contribution in [2.75, 3.05) is 31.6 Å². The minimum absolute atomic E-state index is 0.0476. The van der Waals surface area contributed by atoms with Crippen molar-refractivity contribution in [3.63, 3.8) is 0 Å². The summed E-state index contributed by atoms with van der Waals surface area (Å²) in [6, 6.07) is 14.1. The predicted octanol–water partition coefficient (Wildman–Crippen LogP) is 8.44. The summed E-state index contributed by atoms with van der Waals surface area (Å²) in [7, 11) is 2.03. The number of carbonyl (C=O) groups is 1. The summed E-state index contributed by atoms with van der Waals surface area (Å²) < 4.78 is 26.5. The average Bonchev–Trinajstić information content (AvgIpc) is 3.63. The maximum Gasteiger partial charge on any atom is 0.255 e. The lowest BCUT2D eigenvalue weighted by molar-refractivity contribution is 0.0367. The van der Waals surface area contributed by atoms with Crippen LogP contribution in [0.4, 0.5) is 10.1 Å². The Kier molecular flexibility index (Phi) is 12.2. The number of likely N-dealkylation sites (tertiary alicyclic amines) is 1. The van der Waals surface area contributed by atoms with Crippen molar-refractivity contribution in [2.24, 2.45) is 18.0 Å². The van der Waals surface area contributed by atoms with Crippen molar-refractivity contribution in [2.45, 2.75) is 52.7 Å². The van der Waals surface area contributed by atoms with Gasteiger partial charge < -0.3 is 19.4 Å². The lowest BCUT2D eigenvalue weighted by atomic mass is 9.93. The number of anilines is 1. The van der Waals surface area contributed by atoms with Gasteiger partial charge in [-0.1, -0.05) is 29.8 Å². The van der Waals surface area contributed by atoms with Crippen molar-refractivity contribution >= 4 is 51.8 Å². The summed E-state index contributed by atoms with van der Waals surface area (Å²) in [4.78, 5) is 24.5. The van der Waals surface area contributed by atoms with E-state index in [4.69, 9.17) is 26.1 Å². The van der Waals surface area contributed by atoms with Crippen molar-refractivity contribution in [3.05, 3.63) is 112 Å². The quantitative estimate of drug-likeness (QED) is 0.0804. The number of halogens is 2. The van der Waals surface area contributed by atoms with E-state index in [9.17, 15) is 9.18 Å². The number of imidazole rings is 1. The maximum absolute atomic E-state index is 14.0. The van der Waals surface area contributed by atoms with Crippen molar-refractivity contribution in [1.82, 2.24) is 24.6 Å². The molecular formula is C40H45ClFN7O3. The molecule has 272 valence electrons. The third-order valence-corrected chi connectivity index (χ3v) is 9.81. The molecule has 7 rings (SSSR count). The zero-order valence-electron chi connectivity index (χ0n) is 29.9. The van der Waals surface area contributed by atoms with Crippen LogP contribution in [0.5, 0.6) is 0 Å². The third-order valence-electron chi connectivity index (χ3n) is 9.57. The van der Waals surface area contributed by atoms with Crippen LogP contribution in [-0.2, 0) is 29.7 Å². The topological polar surface area (TPSA) is 110 Å². The van der Waals surface area contributed by atoms with E-state index in [2.05, 4.69) is 42.8 Å². The number of fused-ring (bicyclic) bond motifs is 2. The van der Waals surface area contributed by atoms with Gasteiger partial charge in [-0.2, -0.15) is 5.10 Å². The third kappa shape index (κ3) is 9.14. The molecule has 0 saturated carbocycles. The molecule has 2 saturated heterocycles. The lowest BCUT2D eigenvalue weighted by Gasteiger charge is -2.31. The number of hydrogen-bond donors (Lipinski definition) is 2. The van der Waals surface area contributed by atoms with E-state index in [-0.39, 0.29) is 12.5 Å². The number of aromatic amines is 1. The highest BCUT2D eigenvalue weighted by atomic mass is 35.5. The van der Waals surface area contributed by atoms with Crippen molar-refractivity contribution in [3.8, 4) is 0 Å². The molecule has 2 aliphatic rings. The largest absolute Gasteiger partial charge is 0.473 e. The second-order valence-electron chi connectivity index (χ2n) is 13.3. The monoisotopic (exact) mass is 725 g/mol. The number of H-pyrrole nitrogens is 1. The van der Waals surface area contributed by atoms with Crippen LogP contribution in [0, 0.1) is 25.6 Å². The number of benzene rings is 3. The lowest BCUT2D eigenvalue weighted by Crippen LogP contribution is -2.33. The number of aromatic nitrogens is 4. The second-order valence-corrected chi connectivity index (χ2v) is 13.8. The second kappa shape index (κ2) is 17.1. The Morgan fingerprint density at radius 3 is 2.65 bits per heavy atom. The fourth-order valence-corrected chi connectivity index (χ4v) is 6.46. The van der Waals surface area contributed by atoms with Crippen LogP contribution in [0.25, 0.3) is 21.9 Å². The first-order valence-corrected chi connectivity index (χ1v) is 18.0. The van der Waals surface area contributed by atoms with E-state index in [0.717, 1.165) is 96.8 Å². The van der Waals surface area contributed by atoms with Gasteiger partial charge >= 0.3 is 0 Å². The van der Waals surface area contributed by atoms with Crippen LogP contribution >= 0.6 is 11.6 Å². The van der Waals surface area contributed by atoms with Crippen LogP contribution in [-0.4, -0.2) is 63.6 Å². The predicted molar refractivity (Wildman–Crippen MR) is 205 cm³/mol. The zero-order valence-corrected chi connectivity index (χ0v) is 30.7. The molecule has 0 unspecified atom stereocenters. The van der Waals surface area contributed by atoms with Gasteiger partial charge in [0.15, 0.2) is 0 Å². The number of amides is 1. The maximum atomic E-state index is 14.0. The normalized spacial score (nSPS) is 15.4. The van der Waals surface area contributed by atoms with E-state index in [1.807, 2.05) is 57.3 Å².